The molecule has 6 nitrogen and oxygen atoms in total. The number of alkyl halides is 2. The van der Waals surface area contributed by atoms with Crippen LogP contribution in [0, 0.1) is 0 Å². The molecule has 114 valence electrons. The summed E-state index contributed by atoms with van der Waals surface area (Å²) in [5, 5.41) is 6.74. The highest BCUT2D eigenvalue weighted by Crippen LogP contribution is 2.26. The van der Waals surface area contributed by atoms with Gasteiger partial charge in [0.05, 0.1) is 16.8 Å². The molecule has 2 aromatic rings. The number of aromatic nitrogens is 2. The van der Waals surface area contributed by atoms with Crippen molar-refractivity contribution >= 4 is 21.3 Å². The molecule has 0 aliphatic rings. The van der Waals surface area contributed by atoms with Crippen LogP contribution in [-0.2, 0) is 23.4 Å². The van der Waals surface area contributed by atoms with Crippen LogP contribution >= 0.6 is 0 Å². The van der Waals surface area contributed by atoms with E-state index in [1.165, 1.54) is 23.0 Å². The number of aryl methyl sites for hydroxylation is 1. The Labute approximate surface area is 120 Å². The van der Waals surface area contributed by atoms with Crippen LogP contribution in [0.4, 0.5) is 20.3 Å². The second kappa shape index (κ2) is 5.68. The van der Waals surface area contributed by atoms with E-state index in [9.17, 15) is 17.2 Å². The molecule has 1 heterocycles. The van der Waals surface area contributed by atoms with Crippen molar-refractivity contribution in [1.82, 2.24) is 9.78 Å². The van der Waals surface area contributed by atoms with E-state index in [0.717, 1.165) is 6.07 Å². The van der Waals surface area contributed by atoms with E-state index in [1.54, 1.807) is 13.1 Å². The van der Waals surface area contributed by atoms with Crippen LogP contribution in [0.5, 0.6) is 0 Å². The Morgan fingerprint density at radius 3 is 2.62 bits per heavy atom. The Morgan fingerprint density at radius 1 is 1.38 bits per heavy atom. The van der Waals surface area contributed by atoms with Gasteiger partial charge in [0.25, 0.3) is 0 Å². The van der Waals surface area contributed by atoms with E-state index < -0.39 is 20.5 Å². The molecule has 3 N–H and O–H groups in total. The lowest BCUT2D eigenvalue weighted by Crippen LogP contribution is -2.14. The molecule has 21 heavy (non-hydrogen) atoms. The number of hydrogen-bond donors (Lipinski definition) is 2. The largest absolute Gasteiger partial charge is 0.384 e. The standard InChI is InChI=1S/C12H14F2N4O2S/c1-18-11(15)8(7-17-18)6-16-9-4-2-3-5-10(9)21(19,20)12(13)14/h2-5,7,12,16H,6,15H2,1H3. The maximum atomic E-state index is 12.7. The van der Waals surface area contributed by atoms with Crippen LogP contribution in [-0.4, -0.2) is 24.0 Å². The summed E-state index contributed by atoms with van der Waals surface area (Å²) in [5.41, 5.74) is 6.50. The fourth-order valence-electron chi connectivity index (χ4n) is 1.78. The van der Waals surface area contributed by atoms with E-state index in [4.69, 9.17) is 5.73 Å². The number of hydrogen-bond acceptors (Lipinski definition) is 5. The molecule has 0 aliphatic carbocycles. The summed E-state index contributed by atoms with van der Waals surface area (Å²) in [7, 11) is -3.00. The molecule has 0 radical (unpaired) electrons. The lowest BCUT2D eigenvalue weighted by Gasteiger charge is -2.11. The molecule has 2 rings (SSSR count). The third kappa shape index (κ3) is 2.97. The van der Waals surface area contributed by atoms with E-state index in [1.807, 2.05) is 0 Å². The first kappa shape index (κ1) is 15.2. The number of para-hydroxylation sites is 1. The van der Waals surface area contributed by atoms with Crippen molar-refractivity contribution in [3.05, 3.63) is 36.0 Å². The number of halogens is 2. The number of nitrogens with two attached hydrogens (primary N) is 1. The fraction of sp³-hybridized carbons (Fsp3) is 0.250. The fourth-order valence-corrected chi connectivity index (χ4v) is 2.68. The lowest BCUT2D eigenvalue weighted by molar-refractivity contribution is 0.235. The molecule has 0 spiro atoms. The van der Waals surface area contributed by atoms with Gasteiger partial charge in [0.1, 0.15) is 5.82 Å². The summed E-state index contributed by atoms with van der Waals surface area (Å²) in [6.07, 6.45) is 1.52. The zero-order chi connectivity index (χ0) is 15.6. The summed E-state index contributed by atoms with van der Waals surface area (Å²) >= 11 is 0. The first-order chi connectivity index (χ1) is 9.84. The molecule has 9 heteroatoms. The van der Waals surface area contributed by atoms with Crippen molar-refractivity contribution in [3.8, 4) is 0 Å². The Bertz CT molecular complexity index is 743. The monoisotopic (exact) mass is 316 g/mol. The van der Waals surface area contributed by atoms with Gasteiger partial charge < -0.3 is 11.1 Å². The van der Waals surface area contributed by atoms with Crippen LogP contribution in [0.15, 0.2) is 35.4 Å². The zero-order valence-corrected chi connectivity index (χ0v) is 11.9. The average Bonchev–Trinajstić information content (AvgIpc) is 2.76. The first-order valence-electron chi connectivity index (χ1n) is 5.95. The Balaban J connectivity index is 2.28. The molecule has 1 aromatic heterocycles. The van der Waals surface area contributed by atoms with Gasteiger partial charge in [-0.3, -0.25) is 4.68 Å². The Hall–Kier alpha value is -2.16. The van der Waals surface area contributed by atoms with Gasteiger partial charge in [-0.2, -0.15) is 13.9 Å². The van der Waals surface area contributed by atoms with E-state index in [-0.39, 0.29) is 12.2 Å². The van der Waals surface area contributed by atoms with Crippen molar-refractivity contribution in [2.45, 2.75) is 17.2 Å². The second-order valence-corrected chi connectivity index (χ2v) is 6.22. The number of sulfone groups is 1. The summed E-state index contributed by atoms with van der Waals surface area (Å²) in [4.78, 5) is -0.442. The average molecular weight is 316 g/mol. The topological polar surface area (TPSA) is 90.0 Å². The molecule has 0 atom stereocenters. The van der Waals surface area contributed by atoms with E-state index in [2.05, 4.69) is 10.4 Å². The van der Waals surface area contributed by atoms with Crippen LogP contribution in [0.25, 0.3) is 0 Å². The minimum Gasteiger partial charge on any atom is -0.384 e. The maximum Gasteiger partial charge on any atom is 0.341 e. The third-order valence-corrected chi connectivity index (χ3v) is 4.40. The molecule has 0 saturated carbocycles. The summed E-state index contributed by atoms with van der Waals surface area (Å²) in [6.45, 7) is 0.176. The SMILES string of the molecule is Cn1ncc(CNc2ccccc2S(=O)(=O)C(F)F)c1N. The maximum absolute atomic E-state index is 12.7. The second-order valence-electron chi connectivity index (χ2n) is 4.33. The Morgan fingerprint density at radius 2 is 2.05 bits per heavy atom. The summed E-state index contributed by atoms with van der Waals surface area (Å²) in [6, 6.07) is 5.50. The van der Waals surface area contributed by atoms with Crippen LogP contribution in [0.2, 0.25) is 0 Å². The van der Waals surface area contributed by atoms with Gasteiger partial charge in [-0.05, 0) is 12.1 Å². The number of anilines is 2. The van der Waals surface area contributed by atoms with Gasteiger partial charge in [-0.1, -0.05) is 12.1 Å². The third-order valence-electron chi connectivity index (χ3n) is 2.96. The highest BCUT2D eigenvalue weighted by atomic mass is 32.2. The number of nitrogens with zero attached hydrogens (tertiary/aromatic N) is 2. The Kier molecular flexibility index (Phi) is 4.12. The smallest absolute Gasteiger partial charge is 0.341 e. The van der Waals surface area contributed by atoms with E-state index >= 15 is 0 Å². The number of benzene rings is 1. The molecule has 0 saturated heterocycles. The summed E-state index contributed by atoms with van der Waals surface area (Å²) < 4.78 is 50.0. The molecule has 1 aromatic carbocycles. The van der Waals surface area contributed by atoms with Crippen LogP contribution in [0.1, 0.15) is 5.56 Å². The molecule has 0 unspecified atom stereocenters. The minimum absolute atomic E-state index is 0.0982. The van der Waals surface area contributed by atoms with Gasteiger partial charge in [0, 0.05) is 19.2 Å². The molecule has 0 bridgehead atoms. The van der Waals surface area contributed by atoms with Crippen LogP contribution in [0.3, 0.4) is 0 Å². The zero-order valence-electron chi connectivity index (χ0n) is 11.1. The summed E-state index contributed by atoms with van der Waals surface area (Å²) in [5.74, 6) is -3.05. The lowest BCUT2D eigenvalue weighted by atomic mass is 10.3. The highest BCUT2D eigenvalue weighted by Gasteiger charge is 2.28. The molecular formula is C12H14F2N4O2S. The number of nitrogens with one attached hydrogen (secondary N) is 1. The normalized spacial score (nSPS) is 11.8. The van der Waals surface area contributed by atoms with Gasteiger partial charge in [0.2, 0.25) is 9.84 Å². The quantitative estimate of drug-likeness (QED) is 0.874. The van der Waals surface area contributed by atoms with Gasteiger partial charge in [-0.15, -0.1) is 0 Å². The van der Waals surface area contributed by atoms with Crippen molar-refractivity contribution in [2.24, 2.45) is 7.05 Å². The molecule has 0 amide bonds. The van der Waals surface area contributed by atoms with Gasteiger partial charge in [0.15, 0.2) is 0 Å². The minimum atomic E-state index is -4.66. The predicted molar refractivity (Wildman–Crippen MR) is 74.6 cm³/mol. The van der Waals surface area contributed by atoms with Crippen molar-refractivity contribution in [1.29, 1.82) is 0 Å². The molecule has 0 aliphatic heterocycles. The highest BCUT2D eigenvalue weighted by molar-refractivity contribution is 7.91. The van der Waals surface area contributed by atoms with Crippen LogP contribution < -0.4 is 11.1 Å². The van der Waals surface area contributed by atoms with E-state index in [0.29, 0.717) is 11.4 Å². The van der Waals surface area contributed by atoms with Gasteiger partial charge in [-0.25, -0.2) is 8.42 Å². The van der Waals surface area contributed by atoms with Crippen molar-refractivity contribution in [2.75, 3.05) is 11.1 Å². The molecular weight excluding hydrogens is 302 g/mol. The number of nitrogen functional groups attached to an aromatic ring is 1. The number of rotatable bonds is 5. The van der Waals surface area contributed by atoms with Crippen molar-refractivity contribution in [3.63, 3.8) is 0 Å². The van der Waals surface area contributed by atoms with Crippen molar-refractivity contribution < 1.29 is 17.2 Å². The molecule has 0 fully saturated rings. The van der Waals surface area contributed by atoms with Gasteiger partial charge >= 0.3 is 5.76 Å². The first-order valence-corrected chi connectivity index (χ1v) is 7.50. The predicted octanol–water partition coefficient (Wildman–Crippen LogP) is 1.61.